The molecule has 0 saturated carbocycles. The van der Waals surface area contributed by atoms with Crippen molar-refractivity contribution in [3.8, 4) is 16.2 Å². The van der Waals surface area contributed by atoms with Gasteiger partial charge >= 0.3 is 6.09 Å². The molecule has 1 aromatic heterocycles. The fraction of sp³-hybridized carbons (Fsp3) is 0.542. The Labute approximate surface area is 183 Å². The van der Waals surface area contributed by atoms with Crippen molar-refractivity contribution in [1.29, 1.82) is 0 Å². The Morgan fingerprint density at radius 3 is 2.73 bits per heavy atom. The van der Waals surface area contributed by atoms with Crippen LogP contribution in [-0.4, -0.2) is 49.4 Å². The van der Waals surface area contributed by atoms with Gasteiger partial charge in [-0.1, -0.05) is 13.0 Å². The van der Waals surface area contributed by atoms with Crippen molar-refractivity contribution in [3.05, 3.63) is 34.7 Å². The summed E-state index contributed by atoms with van der Waals surface area (Å²) >= 11 is 1.78. The third-order valence-electron chi connectivity index (χ3n) is 5.60. The molecule has 30 heavy (non-hydrogen) atoms. The number of benzene rings is 1. The van der Waals surface area contributed by atoms with E-state index in [0.717, 1.165) is 44.7 Å². The average molecular weight is 429 g/mol. The number of anilines is 1. The number of amides is 1. The van der Waals surface area contributed by atoms with E-state index >= 15 is 0 Å². The second-order valence-corrected chi connectivity index (χ2v) is 9.96. The van der Waals surface area contributed by atoms with Crippen LogP contribution in [0.25, 0.3) is 10.4 Å². The zero-order valence-electron chi connectivity index (χ0n) is 18.5. The predicted molar refractivity (Wildman–Crippen MR) is 123 cm³/mol. The minimum absolute atomic E-state index is 0.221. The van der Waals surface area contributed by atoms with E-state index in [9.17, 15) is 4.79 Å². The maximum atomic E-state index is 12.7. The van der Waals surface area contributed by atoms with Crippen molar-refractivity contribution >= 4 is 23.1 Å². The standard InChI is InChI=1S/C24H32N2O3S/c1-5-10-25-13-14-28-19-16-17-8-11-26(23(27)29-24(2,3)4)12-9-18(17)21(22(19)25)20-7-6-15-30-20/h6-7,15-16H,5,8-14H2,1-4H3. The minimum Gasteiger partial charge on any atom is -0.490 e. The van der Waals surface area contributed by atoms with E-state index in [0.29, 0.717) is 13.1 Å². The van der Waals surface area contributed by atoms with Gasteiger partial charge in [0.05, 0.1) is 12.2 Å². The molecule has 0 spiro atoms. The number of carbonyl (C=O) groups excluding carboxylic acids is 1. The monoisotopic (exact) mass is 428 g/mol. The van der Waals surface area contributed by atoms with Crippen LogP contribution >= 0.6 is 11.3 Å². The van der Waals surface area contributed by atoms with E-state index in [1.807, 2.05) is 25.7 Å². The van der Waals surface area contributed by atoms with E-state index < -0.39 is 5.60 Å². The van der Waals surface area contributed by atoms with E-state index in [1.54, 1.807) is 11.3 Å². The molecule has 2 aliphatic heterocycles. The molecule has 0 atom stereocenters. The van der Waals surface area contributed by atoms with Crippen molar-refractivity contribution < 1.29 is 14.3 Å². The fourth-order valence-corrected chi connectivity index (χ4v) is 5.15. The molecule has 5 nitrogen and oxygen atoms in total. The molecule has 0 bridgehead atoms. The van der Waals surface area contributed by atoms with Gasteiger partial charge in [0.25, 0.3) is 0 Å². The molecule has 2 aromatic rings. The third kappa shape index (κ3) is 4.29. The van der Waals surface area contributed by atoms with E-state index in [1.165, 1.54) is 27.3 Å². The third-order valence-corrected chi connectivity index (χ3v) is 6.48. The summed E-state index contributed by atoms with van der Waals surface area (Å²) in [6.45, 7) is 12.0. The summed E-state index contributed by atoms with van der Waals surface area (Å²) in [6, 6.07) is 6.54. The molecule has 3 heterocycles. The normalized spacial score (nSPS) is 16.4. The Balaban J connectivity index is 1.74. The van der Waals surface area contributed by atoms with Crippen LogP contribution in [0.4, 0.5) is 10.5 Å². The Morgan fingerprint density at radius 1 is 1.23 bits per heavy atom. The first-order valence-corrected chi connectivity index (χ1v) is 11.8. The molecular weight excluding hydrogens is 396 g/mol. The highest BCUT2D eigenvalue weighted by Crippen LogP contribution is 2.47. The maximum absolute atomic E-state index is 12.7. The van der Waals surface area contributed by atoms with Gasteiger partial charge in [-0.05, 0) is 68.7 Å². The Hall–Kier alpha value is -2.21. The van der Waals surface area contributed by atoms with Gasteiger partial charge in [-0.15, -0.1) is 11.3 Å². The van der Waals surface area contributed by atoms with Crippen LogP contribution in [0.5, 0.6) is 5.75 Å². The summed E-state index contributed by atoms with van der Waals surface area (Å²) in [6.07, 6.45) is 2.53. The molecule has 0 saturated heterocycles. The molecule has 0 N–H and O–H groups in total. The van der Waals surface area contributed by atoms with E-state index in [2.05, 4.69) is 35.4 Å². The summed E-state index contributed by atoms with van der Waals surface area (Å²) in [5, 5.41) is 2.14. The predicted octanol–water partition coefficient (Wildman–Crippen LogP) is 5.36. The van der Waals surface area contributed by atoms with Gasteiger partial charge < -0.3 is 19.3 Å². The topological polar surface area (TPSA) is 42.0 Å². The molecular formula is C24H32N2O3S. The average Bonchev–Trinajstić information content (AvgIpc) is 3.12. The smallest absolute Gasteiger partial charge is 0.410 e. The molecule has 0 fully saturated rings. The van der Waals surface area contributed by atoms with Crippen LogP contribution in [-0.2, 0) is 17.6 Å². The number of rotatable bonds is 3. The summed E-state index contributed by atoms with van der Waals surface area (Å²) in [4.78, 5) is 18.3. The maximum Gasteiger partial charge on any atom is 0.410 e. The van der Waals surface area contributed by atoms with Gasteiger partial charge in [0, 0.05) is 30.1 Å². The number of fused-ring (bicyclic) bond motifs is 2. The molecule has 0 aliphatic carbocycles. The van der Waals surface area contributed by atoms with Gasteiger partial charge in [-0.3, -0.25) is 0 Å². The Bertz CT molecular complexity index is 902. The van der Waals surface area contributed by atoms with E-state index in [4.69, 9.17) is 9.47 Å². The summed E-state index contributed by atoms with van der Waals surface area (Å²) in [5.41, 5.74) is 4.70. The van der Waals surface area contributed by atoms with Crippen LogP contribution in [0.1, 0.15) is 45.2 Å². The lowest BCUT2D eigenvalue weighted by atomic mass is 9.92. The van der Waals surface area contributed by atoms with Gasteiger partial charge in [0.15, 0.2) is 0 Å². The largest absolute Gasteiger partial charge is 0.490 e. The quantitative estimate of drug-likeness (QED) is 0.660. The first kappa shape index (κ1) is 21.0. The van der Waals surface area contributed by atoms with Crippen LogP contribution in [0.3, 0.4) is 0 Å². The molecule has 4 rings (SSSR count). The highest BCUT2D eigenvalue weighted by atomic mass is 32.1. The van der Waals surface area contributed by atoms with Crippen molar-refractivity contribution in [1.82, 2.24) is 4.90 Å². The number of hydrogen-bond donors (Lipinski definition) is 0. The number of carbonyl (C=O) groups is 1. The van der Waals surface area contributed by atoms with Crippen LogP contribution in [0.2, 0.25) is 0 Å². The molecule has 0 radical (unpaired) electrons. The highest BCUT2D eigenvalue weighted by molar-refractivity contribution is 7.13. The molecule has 1 amide bonds. The van der Waals surface area contributed by atoms with Crippen LogP contribution in [0, 0.1) is 0 Å². The summed E-state index contributed by atoms with van der Waals surface area (Å²) < 4.78 is 11.8. The Morgan fingerprint density at radius 2 is 2.03 bits per heavy atom. The van der Waals surface area contributed by atoms with Crippen molar-refractivity contribution in [2.24, 2.45) is 0 Å². The van der Waals surface area contributed by atoms with Crippen molar-refractivity contribution in [2.45, 2.75) is 52.6 Å². The van der Waals surface area contributed by atoms with Gasteiger partial charge in [0.1, 0.15) is 18.0 Å². The van der Waals surface area contributed by atoms with Crippen LogP contribution in [0.15, 0.2) is 23.6 Å². The lowest BCUT2D eigenvalue weighted by Gasteiger charge is -2.34. The summed E-state index contributed by atoms with van der Waals surface area (Å²) in [7, 11) is 0. The minimum atomic E-state index is -0.480. The van der Waals surface area contributed by atoms with Crippen molar-refractivity contribution in [2.75, 3.05) is 37.7 Å². The number of nitrogens with zero attached hydrogens (tertiary/aromatic N) is 2. The Kier molecular flexibility index (Phi) is 5.96. The van der Waals surface area contributed by atoms with E-state index in [-0.39, 0.29) is 6.09 Å². The molecule has 1 aromatic carbocycles. The molecule has 162 valence electrons. The zero-order valence-corrected chi connectivity index (χ0v) is 19.3. The first-order valence-electron chi connectivity index (χ1n) is 11.0. The van der Waals surface area contributed by atoms with Crippen LogP contribution < -0.4 is 9.64 Å². The number of thiophene rings is 1. The second kappa shape index (κ2) is 8.50. The highest BCUT2D eigenvalue weighted by Gasteiger charge is 2.30. The zero-order chi connectivity index (χ0) is 21.3. The van der Waals surface area contributed by atoms with Gasteiger partial charge in [-0.2, -0.15) is 0 Å². The lowest BCUT2D eigenvalue weighted by Crippen LogP contribution is -2.38. The number of ether oxygens (including phenoxy) is 2. The SMILES string of the molecule is CCCN1CCOc2cc3c(c(-c4cccs4)c21)CCN(C(=O)OC(C)(C)C)CC3. The van der Waals surface area contributed by atoms with Crippen molar-refractivity contribution in [3.63, 3.8) is 0 Å². The van der Waals surface area contributed by atoms with Gasteiger partial charge in [-0.25, -0.2) is 4.79 Å². The molecule has 2 aliphatic rings. The number of hydrogen-bond acceptors (Lipinski definition) is 5. The molecule has 6 heteroatoms. The van der Waals surface area contributed by atoms with Gasteiger partial charge in [0.2, 0.25) is 0 Å². The fourth-order valence-electron chi connectivity index (χ4n) is 4.35. The molecule has 0 unspecified atom stereocenters. The first-order chi connectivity index (χ1) is 14.4. The second-order valence-electron chi connectivity index (χ2n) is 9.02. The summed E-state index contributed by atoms with van der Waals surface area (Å²) in [5.74, 6) is 0.988. The lowest BCUT2D eigenvalue weighted by molar-refractivity contribution is 0.0258.